The van der Waals surface area contributed by atoms with E-state index >= 15 is 0 Å². The zero-order chi connectivity index (χ0) is 19.2. The van der Waals surface area contributed by atoms with Crippen LogP contribution in [0, 0.1) is 0 Å². The standard InChI is InChI=1S/C21H17Cl2NO3/c1-26-20-8-3-2-7-19(20)24-21(25)15-5-4-6-16(12-15)27-13-14-9-10-17(22)18(23)11-14/h2-12H,13H2,1H3,(H,24,25). The largest absolute Gasteiger partial charge is 0.495 e. The van der Waals surface area contributed by atoms with Gasteiger partial charge in [-0.05, 0) is 48.0 Å². The van der Waals surface area contributed by atoms with Gasteiger partial charge in [0.15, 0.2) is 0 Å². The summed E-state index contributed by atoms with van der Waals surface area (Å²) < 4.78 is 11.0. The molecule has 3 aromatic rings. The van der Waals surface area contributed by atoms with E-state index in [2.05, 4.69) is 5.32 Å². The fraction of sp³-hybridized carbons (Fsp3) is 0.0952. The summed E-state index contributed by atoms with van der Waals surface area (Å²) in [4.78, 5) is 12.5. The number of hydrogen-bond donors (Lipinski definition) is 1. The second kappa shape index (κ2) is 8.80. The Hall–Kier alpha value is -2.69. The van der Waals surface area contributed by atoms with Crippen LogP contribution in [0.25, 0.3) is 0 Å². The summed E-state index contributed by atoms with van der Waals surface area (Å²) in [5.41, 5.74) is 1.97. The van der Waals surface area contributed by atoms with Crippen LogP contribution in [0.2, 0.25) is 10.0 Å². The number of ether oxygens (including phenoxy) is 2. The van der Waals surface area contributed by atoms with Gasteiger partial charge in [-0.15, -0.1) is 0 Å². The van der Waals surface area contributed by atoms with Gasteiger partial charge >= 0.3 is 0 Å². The number of carbonyl (C=O) groups is 1. The molecule has 6 heteroatoms. The zero-order valence-electron chi connectivity index (χ0n) is 14.5. The van der Waals surface area contributed by atoms with Gasteiger partial charge in [0, 0.05) is 5.56 Å². The highest BCUT2D eigenvalue weighted by molar-refractivity contribution is 6.42. The Labute approximate surface area is 167 Å². The first-order valence-corrected chi connectivity index (χ1v) is 8.93. The summed E-state index contributed by atoms with van der Waals surface area (Å²) in [5.74, 6) is 0.922. The predicted octanol–water partition coefficient (Wildman–Crippen LogP) is 5.83. The fourth-order valence-electron chi connectivity index (χ4n) is 2.47. The molecule has 138 valence electrons. The second-order valence-corrected chi connectivity index (χ2v) is 6.53. The minimum Gasteiger partial charge on any atom is -0.495 e. The molecular formula is C21H17Cl2NO3. The van der Waals surface area contributed by atoms with E-state index in [9.17, 15) is 4.79 Å². The molecule has 0 aliphatic carbocycles. The van der Waals surface area contributed by atoms with E-state index in [0.717, 1.165) is 5.56 Å². The Morgan fingerprint density at radius 2 is 1.78 bits per heavy atom. The first kappa shape index (κ1) is 19.1. The first-order chi connectivity index (χ1) is 13.1. The van der Waals surface area contributed by atoms with Crippen LogP contribution in [-0.4, -0.2) is 13.0 Å². The second-order valence-electron chi connectivity index (χ2n) is 5.72. The average molecular weight is 402 g/mol. The molecule has 0 atom stereocenters. The van der Waals surface area contributed by atoms with Crippen molar-refractivity contribution in [1.82, 2.24) is 0 Å². The molecule has 0 aliphatic rings. The lowest BCUT2D eigenvalue weighted by molar-refractivity contribution is 0.102. The number of amides is 1. The van der Waals surface area contributed by atoms with Crippen molar-refractivity contribution in [2.75, 3.05) is 12.4 Å². The molecule has 0 bridgehead atoms. The van der Waals surface area contributed by atoms with Crippen LogP contribution in [0.5, 0.6) is 11.5 Å². The van der Waals surface area contributed by atoms with E-state index in [-0.39, 0.29) is 5.91 Å². The maximum absolute atomic E-state index is 12.5. The monoisotopic (exact) mass is 401 g/mol. The fourth-order valence-corrected chi connectivity index (χ4v) is 2.79. The van der Waals surface area contributed by atoms with Gasteiger partial charge in [0.05, 0.1) is 22.8 Å². The minimum absolute atomic E-state index is 0.250. The third kappa shape index (κ3) is 4.94. The number of methoxy groups -OCH3 is 1. The van der Waals surface area contributed by atoms with Gasteiger partial charge in [0.1, 0.15) is 18.1 Å². The Balaban J connectivity index is 1.69. The van der Waals surface area contributed by atoms with Crippen LogP contribution in [0.3, 0.4) is 0 Å². The molecule has 0 radical (unpaired) electrons. The quantitative estimate of drug-likeness (QED) is 0.564. The van der Waals surface area contributed by atoms with Crippen molar-refractivity contribution in [2.24, 2.45) is 0 Å². The third-order valence-electron chi connectivity index (χ3n) is 3.84. The van der Waals surface area contributed by atoms with E-state index in [0.29, 0.717) is 39.4 Å². The predicted molar refractivity (Wildman–Crippen MR) is 108 cm³/mol. The molecule has 1 amide bonds. The Morgan fingerprint density at radius 3 is 2.56 bits per heavy atom. The molecule has 3 aromatic carbocycles. The number of anilines is 1. The number of halogens is 2. The van der Waals surface area contributed by atoms with Gasteiger partial charge in [-0.1, -0.05) is 47.5 Å². The Kier molecular flexibility index (Phi) is 6.22. The normalized spacial score (nSPS) is 10.3. The number of benzene rings is 3. The Bertz CT molecular complexity index is 960. The summed E-state index contributed by atoms with van der Waals surface area (Å²) in [6.45, 7) is 0.314. The lowest BCUT2D eigenvalue weighted by atomic mass is 10.2. The molecule has 4 nitrogen and oxygen atoms in total. The van der Waals surface area contributed by atoms with Crippen molar-refractivity contribution in [3.05, 3.63) is 87.9 Å². The highest BCUT2D eigenvalue weighted by Gasteiger charge is 2.10. The van der Waals surface area contributed by atoms with Crippen LogP contribution < -0.4 is 14.8 Å². The average Bonchev–Trinajstić information content (AvgIpc) is 2.69. The summed E-state index contributed by atoms with van der Waals surface area (Å²) in [6.07, 6.45) is 0. The van der Waals surface area contributed by atoms with Gasteiger partial charge in [0.2, 0.25) is 0 Å². The zero-order valence-corrected chi connectivity index (χ0v) is 16.1. The SMILES string of the molecule is COc1ccccc1NC(=O)c1cccc(OCc2ccc(Cl)c(Cl)c2)c1. The van der Waals surface area contributed by atoms with Crippen molar-refractivity contribution in [2.45, 2.75) is 6.61 Å². The molecule has 0 spiro atoms. The summed E-state index contributed by atoms with van der Waals surface area (Å²) >= 11 is 11.9. The third-order valence-corrected chi connectivity index (χ3v) is 4.58. The van der Waals surface area contributed by atoms with Crippen molar-refractivity contribution < 1.29 is 14.3 Å². The van der Waals surface area contributed by atoms with Crippen LogP contribution >= 0.6 is 23.2 Å². The lowest BCUT2D eigenvalue weighted by Crippen LogP contribution is -2.12. The lowest BCUT2D eigenvalue weighted by Gasteiger charge is -2.11. The van der Waals surface area contributed by atoms with Crippen LogP contribution in [-0.2, 0) is 6.61 Å². The van der Waals surface area contributed by atoms with E-state index in [4.69, 9.17) is 32.7 Å². The number of hydrogen-bond acceptors (Lipinski definition) is 3. The first-order valence-electron chi connectivity index (χ1n) is 8.18. The summed E-state index contributed by atoms with van der Waals surface area (Å²) in [5, 5.41) is 3.81. The number of nitrogens with one attached hydrogen (secondary N) is 1. The number of para-hydroxylation sites is 2. The van der Waals surface area contributed by atoms with E-state index in [1.54, 1.807) is 55.6 Å². The van der Waals surface area contributed by atoms with Gasteiger partial charge in [-0.25, -0.2) is 0 Å². The summed E-state index contributed by atoms with van der Waals surface area (Å²) in [7, 11) is 1.56. The van der Waals surface area contributed by atoms with Gasteiger partial charge in [0.25, 0.3) is 5.91 Å². The molecular weight excluding hydrogens is 385 g/mol. The minimum atomic E-state index is -0.250. The topological polar surface area (TPSA) is 47.6 Å². The molecule has 0 saturated heterocycles. The van der Waals surface area contributed by atoms with Gasteiger partial charge in [-0.3, -0.25) is 4.79 Å². The maximum atomic E-state index is 12.5. The molecule has 0 heterocycles. The van der Waals surface area contributed by atoms with E-state index in [1.165, 1.54) is 0 Å². The number of carbonyl (C=O) groups excluding carboxylic acids is 1. The van der Waals surface area contributed by atoms with Crippen molar-refractivity contribution >= 4 is 34.8 Å². The molecule has 0 unspecified atom stereocenters. The smallest absolute Gasteiger partial charge is 0.255 e. The number of rotatable bonds is 6. The van der Waals surface area contributed by atoms with Crippen molar-refractivity contribution in [3.8, 4) is 11.5 Å². The highest BCUT2D eigenvalue weighted by Crippen LogP contribution is 2.25. The molecule has 0 aromatic heterocycles. The van der Waals surface area contributed by atoms with Crippen LogP contribution in [0.4, 0.5) is 5.69 Å². The highest BCUT2D eigenvalue weighted by atomic mass is 35.5. The van der Waals surface area contributed by atoms with Crippen molar-refractivity contribution in [3.63, 3.8) is 0 Å². The van der Waals surface area contributed by atoms with Gasteiger partial charge in [-0.2, -0.15) is 0 Å². The van der Waals surface area contributed by atoms with Crippen LogP contribution in [0.15, 0.2) is 66.7 Å². The molecule has 0 fully saturated rings. The van der Waals surface area contributed by atoms with Gasteiger partial charge < -0.3 is 14.8 Å². The maximum Gasteiger partial charge on any atom is 0.255 e. The van der Waals surface area contributed by atoms with E-state index < -0.39 is 0 Å². The van der Waals surface area contributed by atoms with Crippen molar-refractivity contribution in [1.29, 1.82) is 0 Å². The Morgan fingerprint density at radius 1 is 0.963 bits per heavy atom. The molecule has 0 aliphatic heterocycles. The molecule has 1 N–H and O–H groups in total. The van der Waals surface area contributed by atoms with Crippen LogP contribution in [0.1, 0.15) is 15.9 Å². The summed E-state index contributed by atoms with van der Waals surface area (Å²) in [6, 6.07) is 19.5. The molecule has 27 heavy (non-hydrogen) atoms. The molecule has 0 saturated carbocycles. The molecule has 3 rings (SSSR count). The van der Waals surface area contributed by atoms with E-state index in [1.807, 2.05) is 18.2 Å².